The van der Waals surface area contributed by atoms with Gasteiger partial charge in [-0.3, -0.25) is 19.8 Å². The van der Waals surface area contributed by atoms with Crippen LogP contribution >= 0.6 is 15.9 Å². The average molecular weight is 886 g/mol. The van der Waals surface area contributed by atoms with Crippen molar-refractivity contribution in [2.75, 3.05) is 0 Å². The van der Waals surface area contributed by atoms with E-state index in [1.807, 2.05) is 51.3 Å². The molecular formula is C48H66BBrN4O6. The monoisotopic (exact) mass is 884 g/mol. The topological polar surface area (TPSA) is 102 Å². The molecular weight excluding hydrogens is 819 g/mol. The Bertz CT molecular complexity index is 2040. The molecule has 0 spiro atoms. The maximum Gasteiger partial charge on any atom is 0.494 e. The molecule has 60 heavy (non-hydrogen) atoms. The first-order chi connectivity index (χ1) is 28.2. The van der Waals surface area contributed by atoms with Gasteiger partial charge in [-0.2, -0.15) is 0 Å². The molecule has 0 radical (unpaired) electrons. The quantitative estimate of drug-likeness (QED) is 0.285. The minimum absolute atomic E-state index is 0.00986. The summed E-state index contributed by atoms with van der Waals surface area (Å²) in [5.41, 5.74) is 5.93. The maximum atomic E-state index is 13.3. The molecule has 0 bridgehead atoms. The standard InChI is InChI=1S/C27H39BN2O4.C21H27BrN2O2/c1-25(2,3)32-24(31)30-22-11-9-8-10-18(22)15-23(30)21-14-17-12-13-19(16-20(17)29-21)28-33-26(4,5)27(6,7)34-28;1-21(2,3)26-20(25)24-18-7-5-4-6-14(18)11-19(24)17-10-13-8-9-15(22)12-16(13)23-17/h12-13,16,18,22-23H,8-11,14-15H2,1-7H3;8-9,12,14,18-19H,4-7,10-11H2,1-3H3/t18-,22-,23-;14-,18-,19-/m00/s1. The van der Waals surface area contributed by atoms with Gasteiger partial charge in [0, 0.05) is 40.8 Å². The van der Waals surface area contributed by atoms with Crippen LogP contribution in [0.5, 0.6) is 0 Å². The lowest BCUT2D eigenvalue weighted by molar-refractivity contribution is 0.00578. The Balaban J connectivity index is 0.000000172. The van der Waals surface area contributed by atoms with Crippen LogP contribution in [-0.2, 0) is 31.6 Å². The van der Waals surface area contributed by atoms with E-state index in [9.17, 15) is 9.59 Å². The third kappa shape index (κ3) is 8.85. The number of hydrogen-bond donors (Lipinski definition) is 0. The van der Waals surface area contributed by atoms with Crippen LogP contribution in [0, 0.1) is 11.8 Å². The Morgan fingerprint density at radius 1 is 0.683 bits per heavy atom. The van der Waals surface area contributed by atoms with Crippen molar-refractivity contribution < 1.29 is 28.4 Å². The number of carbonyl (C=O) groups excluding carboxylic acids is 2. The Hall–Kier alpha value is -3.22. The molecule has 5 fully saturated rings. The van der Waals surface area contributed by atoms with Gasteiger partial charge >= 0.3 is 19.3 Å². The second kappa shape index (κ2) is 16.2. The molecule has 0 unspecified atom stereocenters. The van der Waals surface area contributed by atoms with E-state index < -0.39 is 18.3 Å². The van der Waals surface area contributed by atoms with E-state index in [4.69, 9.17) is 28.8 Å². The number of ether oxygens (including phenoxy) is 2. The van der Waals surface area contributed by atoms with E-state index in [0.717, 1.165) is 71.3 Å². The molecule has 3 saturated heterocycles. The van der Waals surface area contributed by atoms with Crippen molar-refractivity contribution in [2.45, 2.75) is 193 Å². The first-order valence-corrected chi connectivity index (χ1v) is 23.4. The van der Waals surface area contributed by atoms with E-state index in [1.165, 1.54) is 49.7 Å². The zero-order chi connectivity index (χ0) is 42.9. The Morgan fingerprint density at radius 2 is 1.12 bits per heavy atom. The number of likely N-dealkylation sites (tertiary alicyclic amines) is 2. The van der Waals surface area contributed by atoms with Crippen LogP contribution in [0.3, 0.4) is 0 Å². The number of carbonyl (C=O) groups is 2. The highest BCUT2D eigenvalue weighted by molar-refractivity contribution is 9.10. The molecule has 5 heterocycles. The summed E-state index contributed by atoms with van der Waals surface area (Å²) in [5, 5.41) is 0. The van der Waals surface area contributed by atoms with Crippen LogP contribution in [0.4, 0.5) is 21.0 Å². The van der Waals surface area contributed by atoms with Gasteiger partial charge < -0.3 is 18.8 Å². The van der Waals surface area contributed by atoms with Gasteiger partial charge in [0.25, 0.3) is 0 Å². The van der Waals surface area contributed by atoms with Crippen molar-refractivity contribution in [3.8, 4) is 0 Å². The van der Waals surface area contributed by atoms with Crippen LogP contribution in [0.2, 0.25) is 0 Å². The molecule has 2 aliphatic carbocycles. The Kier molecular flexibility index (Phi) is 11.7. The minimum Gasteiger partial charge on any atom is -0.444 e. The van der Waals surface area contributed by atoms with E-state index in [2.05, 4.69) is 80.0 Å². The second-order valence-electron chi connectivity index (χ2n) is 21.3. The predicted molar refractivity (Wildman–Crippen MR) is 242 cm³/mol. The minimum atomic E-state index is -0.507. The average Bonchev–Trinajstić information content (AvgIpc) is 3.96. The van der Waals surface area contributed by atoms with Crippen molar-refractivity contribution in [3.63, 3.8) is 0 Å². The van der Waals surface area contributed by atoms with Crippen LogP contribution in [0.15, 0.2) is 50.9 Å². The van der Waals surface area contributed by atoms with Crippen LogP contribution in [0.25, 0.3) is 0 Å². The summed E-state index contributed by atoms with van der Waals surface area (Å²) in [5.74, 6) is 1.12. The summed E-state index contributed by atoms with van der Waals surface area (Å²) >= 11 is 3.53. The fraction of sp³-hybridized carbons (Fsp3) is 0.667. The van der Waals surface area contributed by atoms with Gasteiger partial charge in [-0.15, -0.1) is 0 Å². The number of aliphatic imine (C=N–C) groups is 2. The summed E-state index contributed by atoms with van der Waals surface area (Å²) in [6.45, 7) is 19.9. The van der Waals surface area contributed by atoms with Gasteiger partial charge in [0.05, 0.1) is 34.7 Å². The molecule has 2 aromatic rings. The first kappa shape index (κ1) is 43.4. The summed E-state index contributed by atoms with van der Waals surface area (Å²) in [7, 11) is -0.401. The lowest BCUT2D eigenvalue weighted by Crippen LogP contribution is -2.48. The van der Waals surface area contributed by atoms with Crippen LogP contribution in [0.1, 0.15) is 145 Å². The number of fused-ring (bicyclic) bond motifs is 4. The number of hydrogen-bond acceptors (Lipinski definition) is 8. The first-order valence-electron chi connectivity index (χ1n) is 22.6. The molecule has 6 atom stereocenters. The van der Waals surface area contributed by atoms with Crippen LogP contribution in [-0.4, -0.2) is 87.1 Å². The SMILES string of the molecule is CC(C)(C)OC(=O)N1[C@H](C2=Nc3cc(B4OC(C)(C)C(C)(C)O4)ccc3C2)C[C@@H]2CCCC[C@@H]21.CC(C)(C)OC(=O)N1[C@H](C2=Nc3cc(Br)ccc3C2)C[C@@H]2CCCC[C@@H]21. The highest BCUT2D eigenvalue weighted by atomic mass is 79.9. The molecule has 2 saturated carbocycles. The van der Waals surface area contributed by atoms with Gasteiger partial charge in [-0.05, 0) is 154 Å². The van der Waals surface area contributed by atoms with Gasteiger partial charge in [0.15, 0.2) is 0 Å². The predicted octanol–water partition coefficient (Wildman–Crippen LogP) is 10.8. The van der Waals surface area contributed by atoms with Crippen LogP contribution < -0.4 is 5.46 Å². The molecule has 2 amide bonds. The van der Waals surface area contributed by atoms with E-state index in [-0.39, 0.29) is 41.5 Å². The third-order valence-corrected chi connectivity index (χ3v) is 14.6. The largest absolute Gasteiger partial charge is 0.494 e. The van der Waals surface area contributed by atoms with E-state index in [0.29, 0.717) is 17.9 Å². The summed E-state index contributed by atoms with van der Waals surface area (Å²) in [6, 6.07) is 13.3. The zero-order valence-electron chi connectivity index (χ0n) is 37.6. The smallest absolute Gasteiger partial charge is 0.444 e. The summed E-state index contributed by atoms with van der Waals surface area (Å²) < 4.78 is 25.2. The molecule has 324 valence electrons. The van der Waals surface area contributed by atoms with Crippen molar-refractivity contribution in [2.24, 2.45) is 21.8 Å². The van der Waals surface area contributed by atoms with Gasteiger partial charge in [-0.25, -0.2) is 9.59 Å². The second-order valence-corrected chi connectivity index (χ2v) is 22.2. The number of benzene rings is 2. The maximum absolute atomic E-state index is 13.3. The van der Waals surface area contributed by atoms with Gasteiger partial charge in [0.1, 0.15) is 11.2 Å². The highest BCUT2D eigenvalue weighted by Gasteiger charge is 2.53. The Labute approximate surface area is 366 Å². The Morgan fingerprint density at radius 3 is 1.58 bits per heavy atom. The summed E-state index contributed by atoms with van der Waals surface area (Å²) in [6.07, 6.45) is 12.7. The fourth-order valence-electron chi connectivity index (χ4n) is 10.6. The molecule has 12 heteroatoms. The molecule has 10 nitrogen and oxygen atoms in total. The highest BCUT2D eigenvalue weighted by Crippen LogP contribution is 2.45. The van der Waals surface area contributed by atoms with E-state index >= 15 is 0 Å². The third-order valence-electron chi connectivity index (χ3n) is 14.1. The molecule has 9 rings (SSSR count). The normalized spacial score (nSPS) is 28.8. The van der Waals surface area contributed by atoms with Crippen molar-refractivity contribution in [3.05, 3.63) is 52.0 Å². The lowest BCUT2D eigenvalue weighted by Gasteiger charge is -2.35. The molecule has 0 aromatic heterocycles. The number of nitrogens with zero attached hydrogens (tertiary/aromatic N) is 4. The van der Waals surface area contributed by atoms with Crippen molar-refractivity contribution in [1.82, 2.24) is 9.80 Å². The lowest BCUT2D eigenvalue weighted by atomic mass is 9.78. The number of rotatable bonds is 3. The summed E-state index contributed by atoms with van der Waals surface area (Å²) in [4.78, 5) is 40.4. The molecule has 2 aromatic carbocycles. The molecule has 5 aliphatic heterocycles. The van der Waals surface area contributed by atoms with E-state index in [1.54, 1.807) is 0 Å². The van der Waals surface area contributed by atoms with Crippen molar-refractivity contribution in [1.29, 1.82) is 0 Å². The molecule has 7 aliphatic rings. The number of amides is 2. The molecule has 0 N–H and O–H groups in total. The number of halogens is 1. The van der Waals surface area contributed by atoms with Gasteiger partial charge in [-0.1, -0.05) is 59.8 Å². The van der Waals surface area contributed by atoms with Gasteiger partial charge in [0.2, 0.25) is 0 Å². The zero-order valence-corrected chi connectivity index (χ0v) is 39.2. The van der Waals surface area contributed by atoms with Crippen molar-refractivity contribution >= 4 is 63.5 Å². The fourth-order valence-corrected chi connectivity index (χ4v) is 10.9.